The second-order valence-electron chi connectivity index (χ2n) is 7.96. The van der Waals surface area contributed by atoms with E-state index in [-0.39, 0.29) is 5.91 Å². The molecule has 0 radical (unpaired) electrons. The van der Waals surface area contributed by atoms with Crippen molar-refractivity contribution in [2.45, 2.75) is 41.2 Å². The lowest BCUT2D eigenvalue weighted by atomic mass is 10.0. The third-order valence-corrected chi connectivity index (χ3v) is 5.32. The van der Waals surface area contributed by atoms with Crippen molar-refractivity contribution in [2.75, 3.05) is 5.32 Å². The number of anilines is 1. The summed E-state index contributed by atoms with van der Waals surface area (Å²) in [5, 5.41) is 7.46. The van der Waals surface area contributed by atoms with Gasteiger partial charge in [0.05, 0.1) is 12.2 Å². The molecule has 0 spiro atoms. The summed E-state index contributed by atoms with van der Waals surface area (Å²) in [4.78, 5) is 17.3. The smallest absolute Gasteiger partial charge is 0.255 e. The molecule has 6 nitrogen and oxygen atoms in total. The molecule has 0 aliphatic rings. The van der Waals surface area contributed by atoms with Gasteiger partial charge in [0.25, 0.3) is 5.91 Å². The largest absolute Gasteiger partial charge is 0.441 e. The van der Waals surface area contributed by atoms with Crippen LogP contribution in [0.5, 0.6) is 0 Å². The molecule has 1 amide bonds. The monoisotopic (exact) mass is 414 g/mol. The van der Waals surface area contributed by atoms with Crippen LogP contribution in [0, 0.1) is 34.6 Å². The second-order valence-corrected chi connectivity index (χ2v) is 7.96. The van der Waals surface area contributed by atoms with E-state index in [9.17, 15) is 4.79 Å². The van der Waals surface area contributed by atoms with E-state index in [2.05, 4.69) is 15.4 Å². The van der Waals surface area contributed by atoms with E-state index in [1.807, 2.05) is 87.8 Å². The van der Waals surface area contributed by atoms with Crippen molar-refractivity contribution in [3.8, 4) is 11.5 Å². The van der Waals surface area contributed by atoms with E-state index in [4.69, 9.17) is 4.42 Å². The molecule has 158 valence electrons. The van der Waals surface area contributed by atoms with Gasteiger partial charge < -0.3 is 9.73 Å². The van der Waals surface area contributed by atoms with Crippen molar-refractivity contribution >= 4 is 11.6 Å². The van der Waals surface area contributed by atoms with Gasteiger partial charge in [0.15, 0.2) is 0 Å². The summed E-state index contributed by atoms with van der Waals surface area (Å²) in [6.45, 7) is 10.4. The highest BCUT2D eigenvalue weighted by atomic mass is 16.4. The number of hydrogen-bond donors (Lipinski definition) is 1. The van der Waals surface area contributed by atoms with Gasteiger partial charge in [-0.2, -0.15) is 5.10 Å². The highest BCUT2D eigenvalue weighted by Gasteiger charge is 2.14. The fourth-order valence-electron chi connectivity index (χ4n) is 3.55. The summed E-state index contributed by atoms with van der Waals surface area (Å²) in [5.41, 5.74) is 7.19. The molecule has 0 aliphatic carbocycles. The van der Waals surface area contributed by atoms with E-state index in [0.29, 0.717) is 18.0 Å². The summed E-state index contributed by atoms with van der Waals surface area (Å²) >= 11 is 0. The number of carbonyl (C=O) groups excluding carboxylic acids is 1. The number of hydrogen-bond acceptors (Lipinski definition) is 4. The van der Waals surface area contributed by atoms with Crippen molar-refractivity contribution in [3.05, 3.63) is 88.1 Å². The number of rotatable bonds is 5. The van der Waals surface area contributed by atoms with Crippen LogP contribution in [0.1, 0.15) is 44.3 Å². The molecule has 0 saturated heterocycles. The van der Waals surface area contributed by atoms with Crippen LogP contribution < -0.4 is 5.32 Å². The van der Waals surface area contributed by atoms with Gasteiger partial charge in [-0.15, -0.1) is 0 Å². The van der Waals surface area contributed by atoms with Crippen molar-refractivity contribution in [3.63, 3.8) is 0 Å². The zero-order chi connectivity index (χ0) is 22.1. The highest BCUT2D eigenvalue weighted by molar-refractivity contribution is 6.05. The van der Waals surface area contributed by atoms with Crippen LogP contribution in [0.2, 0.25) is 0 Å². The minimum atomic E-state index is -0.118. The number of aromatic nitrogens is 3. The molecule has 31 heavy (non-hydrogen) atoms. The molecule has 0 atom stereocenters. The SMILES string of the molecule is Cc1ccc(C)c(C(=O)Nc2ccc(-c3nc(Cn4nc(C)cc4C)c(C)o3)cc2)c1. The highest BCUT2D eigenvalue weighted by Crippen LogP contribution is 2.24. The quantitative estimate of drug-likeness (QED) is 0.476. The number of nitrogens with one attached hydrogen (secondary N) is 1. The zero-order valence-electron chi connectivity index (χ0n) is 18.5. The summed E-state index contributed by atoms with van der Waals surface area (Å²) in [6, 6.07) is 15.4. The summed E-state index contributed by atoms with van der Waals surface area (Å²) in [7, 11) is 0. The van der Waals surface area contributed by atoms with Crippen LogP contribution in [0.15, 0.2) is 52.9 Å². The third kappa shape index (κ3) is 4.43. The van der Waals surface area contributed by atoms with Crippen molar-refractivity contribution in [2.24, 2.45) is 0 Å². The molecule has 0 fully saturated rings. The van der Waals surface area contributed by atoms with Gasteiger partial charge in [-0.05, 0) is 76.6 Å². The summed E-state index contributed by atoms with van der Waals surface area (Å²) in [5.74, 6) is 1.21. The van der Waals surface area contributed by atoms with Gasteiger partial charge in [0.2, 0.25) is 5.89 Å². The average molecular weight is 415 g/mol. The molecule has 0 unspecified atom stereocenters. The molecule has 0 aliphatic heterocycles. The fourth-order valence-corrected chi connectivity index (χ4v) is 3.55. The van der Waals surface area contributed by atoms with E-state index in [0.717, 1.165) is 45.2 Å². The molecule has 4 aromatic rings. The van der Waals surface area contributed by atoms with Gasteiger partial charge >= 0.3 is 0 Å². The lowest BCUT2D eigenvalue weighted by molar-refractivity contribution is 0.102. The number of aryl methyl sites for hydroxylation is 5. The molecule has 2 aromatic carbocycles. The Morgan fingerprint density at radius 3 is 2.42 bits per heavy atom. The van der Waals surface area contributed by atoms with Crippen molar-refractivity contribution < 1.29 is 9.21 Å². The first-order valence-corrected chi connectivity index (χ1v) is 10.3. The maximum absolute atomic E-state index is 12.6. The Morgan fingerprint density at radius 1 is 1.00 bits per heavy atom. The number of oxazole rings is 1. The number of nitrogens with zero attached hydrogens (tertiary/aromatic N) is 3. The maximum Gasteiger partial charge on any atom is 0.255 e. The van der Waals surface area contributed by atoms with Crippen LogP contribution in [0.3, 0.4) is 0 Å². The van der Waals surface area contributed by atoms with Gasteiger partial charge in [-0.25, -0.2) is 4.98 Å². The Hall–Kier alpha value is -3.67. The summed E-state index contributed by atoms with van der Waals surface area (Å²) < 4.78 is 7.83. The minimum absolute atomic E-state index is 0.118. The minimum Gasteiger partial charge on any atom is -0.441 e. The van der Waals surface area contributed by atoms with Crippen LogP contribution in [0.4, 0.5) is 5.69 Å². The Labute approximate surface area is 181 Å². The normalized spacial score (nSPS) is 11.0. The van der Waals surface area contributed by atoms with Gasteiger partial charge in [-0.3, -0.25) is 9.48 Å². The zero-order valence-corrected chi connectivity index (χ0v) is 18.5. The van der Waals surface area contributed by atoms with E-state index in [1.54, 1.807) is 0 Å². The van der Waals surface area contributed by atoms with Crippen molar-refractivity contribution in [1.82, 2.24) is 14.8 Å². The molecule has 2 heterocycles. The lowest BCUT2D eigenvalue weighted by Crippen LogP contribution is -2.13. The Kier molecular flexibility index (Phi) is 5.46. The van der Waals surface area contributed by atoms with Gasteiger partial charge in [0.1, 0.15) is 11.5 Å². The van der Waals surface area contributed by atoms with Crippen LogP contribution in [0.25, 0.3) is 11.5 Å². The van der Waals surface area contributed by atoms with Crippen molar-refractivity contribution in [1.29, 1.82) is 0 Å². The molecule has 6 heteroatoms. The molecule has 0 saturated carbocycles. The third-order valence-electron chi connectivity index (χ3n) is 5.32. The fraction of sp³-hybridized carbons (Fsp3) is 0.240. The molecule has 0 bridgehead atoms. The van der Waals surface area contributed by atoms with Gasteiger partial charge in [-0.1, -0.05) is 17.7 Å². The first kappa shape index (κ1) is 20.6. The lowest BCUT2D eigenvalue weighted by Gasteiger charge is -2.09. The standard InChI is InChI=1S/C25H26N4O2/c1-15-6-7-16(2)22(12-15)24(30)26-21-10-8-20(9-11-21)25-27-23(19(5)31-25)14-29-18(4)13-17(3)28-29/h6-13H,14H2,1-5H3,(H,26,30). The second kappa shape index (κ2) is 8.22. The van der Waals surface area contributed by atoms with Gasteiger partial charge in [0, 0.05) is 22.5 Å². The molecular formula is C25H26N4O2. The first-order chi connectivity index (χ1) is 14.8. The topological polar surface area (TPSA) is 73.0 Å². The molecular weight excluding hydrogens is 388 g/mol. The number of benzene rings is 2. The van der Waals surface area contributed by atoms with Crippen LogP contribution in [-0.4, -0.2) is 20.7 Å². The molecule has 2 aromatic heterocycles. The maximum atomic E-state index is 12.6. The predicted octanol–water partition coefficient (Wildman–Crippen LogP) is 5.38. The Balaban J connectivity index is 1.50. The number of amides is 1. The molecule has 4 rings (SSSR count). The molecule has 1 N–H and O–H groups in total. The van der Waals surface area contributed by atoms with E-state index >= 15 is 0 Å². The Bertz CT molecular complexity index is 1250. The van der Waals surface area contributed by atoms with Crippen LogP contribution >= 0.6 is 0 Å². The first-order valence-electron chi connectivity index (χ1n) is 10.3. The average Bonchev–Trinajstić information content (AvgIpc) is 3.25. The van der Waals surface area contributed by atoms with E-state index < -0.39 is 0 Å². The number of carbonyl (C=O) groups is 1. The Morgan fingerprint density at radius 2 is 1.74 bits per heavy atom. The van der Waals surface area contributed by atoms with E-state index in [1.165, 1.54) is 0 Å². The summed E-state index contributed by atoms with van der Waals surface area (Å²) in [6.07, 6.45) is 0. The predicted molar refractivity (Wildman–Crippen MR) is 121 cm³/mol. The van der Waals surface area contributed by atoms with Crippen LogP contribution in [-0.2, 0) is 6.54 Å².